The first-order valence-corrected chi connectivity index (χ1v) is 21.0. The molecule has 44 heavy (non-hydrogen) atoms. The van der Waals surface area contributed by atoms with Crippen molar-refractivity contribution in [3.63, 3.8) is 0 Å². The lowest BCUT2D eigenvalue weighted by Crippen LogP contribution is -2.48. The van der Waals surface area contributed by atoms with Crippen molar-refractivity contribution < 1.29 is 42.8 Å². The summed E-state index contributed by atoms with van der Waals surface area (Å²) in [6.45, 7) is 21.1. The molecule has 0 fully saturated rings. The molecule has 0 radical (unpaired) electrons. The van der Waals surface area contributed by atoms with Crippen LogP contribution < -0.4 is 23.4 Å². The minimum absolute atomic E-state index is 0.0672. The highest BCUT2D eigenvalue weighted by molar-refractivity contribution is 6.75. The van der Waals surface area contributed by atoms with Crippen molar-refractivity contribution in [1.29, 1.82) is 0 Å². The van der Waals surface area contributed by atoms with Crippen LogP contribution >= 0.6 is 0 Å². The van der Waals surface area contributed by atoms with Gasteiger partial charge in [-0.25, -0.2) is 0 Å². The third-order valence-electron chi connectivity index (χ3n) is 10.2. The van der Waals surface area contributed by atoms with Gasteiger partial charge in [-0.3, -0.25) is 4.79 Å². The molecule has 1 aliphatic heterocycles. The molecule has 2 N–H and O–H groups in total. The first kappa shape index (κ1) is 34.1. The lowest BCUT2D eigenvalue weighted by atomic mass is 9.65. The number of ether oxygens (including phenoxy) is 4. The van der Waals surface area contributed by atoms with Crippen molar-refractivity contribution in [2.24, 2.45) is 11.8 Å². The average molecular weight is 647 g/mol. The molecule has 2 aliphatic rings. The summed E-state index contributed by atoms with van der Waals surface area (Å²) in [4.78, 5) is 13.1. The van der Waals surface area contributed by atoms with Crippen molar-refractivity contribution in [2.45, 2.75) is 89.8 Å². The summed E-state index contributed by atoms with van der Waals surface area (Å²) >= 11 is 0. The molecule has 11 heteroatoms. The number of benzene rings is 2. The maximum Gasteiger partial charge on any atom is 0.309 e. The minimum atomic E-state index is -2.46. The van der Waals surface area contributed by atoms with E-state index in [2.05, 4.69) is 67.7 Å². The molecule has 2 aromatic carbocycles. The Kier molecular flexibility index (Phi) is 9.22. The maximum atomic E-state index is 13.1. The zero-order valence-corrected chi connectivity index (χ0v) is 30.3. The Morgan fingerprint density at radius 2 is 1.36 bits per heavy atom. The number of hydrogen-bond acceptors (Lipinski definition) is 8. The van der Waals surface area contributed by atoms with E-state index in [0.717, 1.165) is 16.7 Å². The van der Waals surface area contributed by atoms with Gasteiger partial charge in [0.15, 0.2) is 37.1 Å². The Morgan fingerprint density at radius 3 is 1.80 bits per heavy atom. The van der Waals surface area contributed by atoms with Gasteiger partial charge in [0.05, 0.1) is 26.2 Å². The molecule has 1 heterocycles. The van der Waals surface area contributed by atoms with Gasteiger partial charge in [0, 0.05) is 18.4 Å². The summed E-state index contributed by atoms with van der Waals surface area (Å²) in [6, 6.07) is 7.51. The van der Waals surface area contributed by atoms with Gasteiger partial charge in [-0.15, -0.1) is 0 Å². The number of methoxy groups -OCH3 is 2. The Morgan fingerprint density at radius 1 is 0.864 bits per heavy atom. The molecule has 0 spiro atoms. The summed E-state index contributed by atoms with van der Waals surface area (Å²) < 4.78 is 36.9. The molecule has 4 rings (SSSR count). The van der Waals surface area contributed by atoms with Crippen LogP contribution in [0.15, 0.2) is 24.3 Å². The van der Waals surface area contributed by atoms with E-state index < -0.39 is 46.5 Å². The predicted octanol–water partition coefficient (Wildman–Crippen LogP) is 7.33. The SMILES string of the molecule is COc1cc([C@@H]2c3cc4c(cc3[C@@H](O[Si](C)(C)C(C)(C)C)[C@@H](C(=O)O)[C@@H]2CO)OCO4)cc(OC)c1O[Si](C)(C)C(C)(C)C. The normalized spacial score (nSPS) is 21.9. The van der Waals surface area contributed by atoms with Gasteiger partial charge in [0.1, 0.15) is 0 Å². The van der Waals surface area contributed by atoms with E-state index in [0.29, 0.717) is 28.7 Å². The highest BCUT2D eigenvalue weighted by Crippen LogP contribution is 2.56. The van der Waals surface area contributed by atoms with E-state index in [1.165, 1.54) is 0 Å². The van der Waals surface area contributed by atoms with Crippen molar-refractivity contribution in [3.05, 3.63) is 41.0 Å². The molecule has 244 valence electrons. The lowest BCUT2D eigenvalue weighted by Gasteiger charge is -2.47. The third-order valence-corrected chi connectivity index (χ3v) is 18.9. The van der Waals surface area contributed by atoms with Gasteiger partial charge >= 0.3 is 5.97 Å². The highest BCUT2D eigenvalue weighted by Gasteiger charge is 2.52. The molecule has 0 unspecified atom stereocenters. The number of aliphatic hydroxyl groups excluding tert-OH is 1. The van der Waals surface area contributed by atoms with Crippen LogP contribution in [0.25, 0.3) is 0 Å². The van der Waals surface area contributed by atoms with Crippen LogP contribution in [-0.4, -0.2) is 60.4 Å². The molecule has 0 amide bonds. The van der Waals surface area contributed by atoms with Crippen molar-refractivity contribution >= 4 is 22.6 Å². The lowest BCUT2D eigenvalue weighted by molar-refractivity contribution is -0.150. The fraction of sp³-hybridized carbons (Fsp3) is 0.606. The van der Waals surface area contributed by atoms with Gasteiger partial charge in [-0.05, 0) is 77.2 Å². The van der Waals surface area contributed by atoms with Crippen LogP contribution in [0.1, 0.15) is 70.3 Å². The zero-order chi connectivity index (χ0) is 33.0. The molecular formula is C33H50O9Si2. The molecule has 2 aromatic rings. The van der Waals surface area contributed by atoms with Crippen molar-refractivity contribution in [2.75, 3.05) is 27.6 Å². The van der Waals surface area contributed by atoms with Gasteiger partial charge in [-0.1, -0.05) is 41.5 Å². The van der Waals surface area contributed by atoms with Crippen molar-refractivity contribution in [3.8, 4) is 28.7 Å². The van der Waals surface area contributed by atoms with Gasteiger partial charge < -0.3 is 38.0 Å². The Labute approximate surface area is 264 Å². The maximum absolute atomic E-state index is 13.1. The van der Waals surface area contributed by atoms with Crippen LogP contribution in [0.3, 0.4) is 0 Å². The second kappa shape index (κ2) is 11.9. The van der Waals surface area contributed by atoms with Crippen molar-refractivity contribution in [1.82, 2.24) is 0 Å². The van der Waals surface area contributed by atoms with Crippen LogP contribution in [0.4, 0.5) is 0 Å². The fourth-order valence-electron chi connectivity index (χ4n) is 5.52. The fourth-order valence-corrected chi connectivity index (χ4v) is 7.80. The van der Waals surface area contributed by atoms with Crippen LogP contribution in [-0.2, 0) is 9.22 Å². The molecular weight excluding hydrogens is 597 g/mol. The Balaban J connectivity index is 1.97. The monoisotopic (exact) mass is 646 g/mol. The standard InChI is InChI=1S/C33H50O9Si2/c1-32(2,3)43(9,10)41-29-21-16-24-23(39-18-40-24)15-20(21)27(22(17-34)28(29)31(35)36)19-13-25(37-7)30(26(14-19)38-8)42-44(11,12)33(4,5)6/h13-16,22,27-29,34H,17-18H2,1-12H3,(H,35,36)/t22-,27-,28+,29-/m1/s1. The van der Waals surface area contributed by atoms with E-state index in [4.69, 9.17) is 27.8 Å². The number of hydrogen-bond donors (Lipinski definition) is 2. The second-order valence-electron chi connectivity index (χ2n) is 14.9. The molecule has 0 saturated heterocycles. The quantitative estimate of drug-likeness (QED) is 0.270. The summed E-state index contributed by atoms with van der Waals surface area (Å²) in [5.74, 6) is -0.740. The molecule has 4 atom stereocenters. The average Bonchev–Trinajstić information content (AvgIpc) is 3.37. The minimum Gasteiger partial charge on any atom is -0.539 e. The van der Waals surface area contributed by atoms with Crippen LogP contribution in [0.5, 0.6) is 28.7 Å². The van der Waals surface area contributed by atoms with E-state index in [1.54, 1.807) is 14.2 Å². The number of carbonyl (C=O) groups is 1. The van der Waals surface area contributed by atoms with Gasteiger partial charge in [0.2, 0.25) is 6.79 Å². The van der Waals surface area contributed by atoms with Gasteiger partial charge in [0.25, 0.3) is 8.32 Å². The summed E-state index contributed by atoms with van der Waals surface area (Å²) in [6.07, 6.45) is -0.795. The largest absolute Gasteiger partial charge is 0.539 e. The summed E-state index contributed by atoms with van der Waals surface area (Å²) in [7, 11) is -1.58. The Hall–Kier alpha value is -2.74. The first-order valence-electron chi connectivity index (χ1n) is 15.2. The Bertz CT molecular complexity index is 1370. The molecule has 9 nitrogen and oxygen atoms in total. The third kappa shape index (κ3) is 6.08. The number of carboxylic acid groups (broad SMARTS) is 1. The number of carboxylic acids is 1. The number of aliphatic carboxylic acids is 1. The van der Waals surface area contributed by atoms with E-state index in [1.807, 2.05) is 24.3 Å². The summed E-state index contributed by atoms with van der Waals surface area (Å²) in [5.41, 5.74) is 2.27. The highest BCUT2D eigenvalue weighted by atomic mass is 28.4. The molecule has 1 aliphatic carbocycles. The van der Waals surface area contributed by atoms with Crippen LogP contribution in [0.2, 0.25) is 36.3 Å². The zero-order valence-electron chi connectivity index (χ0n) is 28.3. The molecule has 0 bridgehead atoms. The van der Waals surface area contributed by atoms with Gasteiger partial charge in [-0.2, -0.15) is 0 Å². The van der Waals surface area contributed by atoms with E-state index in [9.17, 15) is 15.0 Å². The number of aliphatic hydroxyl groups is 1. The van der Waals surface area contributed by atoms with E-state index in [-0.39, 0.29) is 23.5 Å². The smallest absolute Gasteiger partial charge is 0.309 e. The van der Waals surface area contributed by atoms with Crippen LogP contribution in [0, 0.1) is 11.8 Å². The number of rotatable bonds is 9. The second-order valence-corrected chi connectivity index (χ2v) is 24.4. The van der Waals surface area contributed by atoms with E-state index >= 15 is 0 Å². The first-order chi connectivity index (χ1) is 20.3. The predicted molar refractivity (Wildman–Crippen MR) is 175 cm³/mol. The number of fused-ring (bicyclic) bond motifs is 2. The topological polar surface area (TPSA) is 113 Å². The summed E-state index contributed by atoms with van der Waals surface area (Å²) in [5, 5.41) is 21.5. The molecule has 0 saturated carbocycles. The molecule has 0 aromatic heterocycles.